The van der Waals surface area contributed by atoms with Crippen LogP contribution in [-0.2, 0) is 0 Å². The molecule has 4 aromatic rings. The Bertz CT molecular complexity index is 1100. The van der Waals surface area contributed by atoms with Gasteiger partial charge < -0.3 is 20.4 Å². The molecule has 118 valence electrons. The monoisotopic (exact) mass is 318 g/mol. The molecule has 0 saturated carbocycles. The van der Waals surface area contributed by atoms with Crippen molar-refractivity contribution in [1.82, 2.24) is 0 Å². The molecule has 0 aliphatic rings. The first kappa shape index (κ1) is 14.2. The highest BCUT2D eigenvalue weighted by Crippen LogP contribution is 2.47. The summed E-state index contributed by atoms with van der Waals surface area (Å²) in [4.78, 5) is 0. The summed E-state index contributed by atoms with van der Waals surface area (Å²) in [6.07, 6.45) is 0. The van der Waals surface area contributed by atoms with Crippen molar-refractivity contribution in [1.29, 1.82) is 0 Å². The van der Waals surface area contributed by atoms with Gasteiger partial charge in [0, 0.05) is 27.3 Å². The van der Waals surface area contributed by atoms with Crippen molar-refractivity contribution < 1.29 is 20.4 Å². The van der Waals surface area contributed by atoms with Crippen molar-refractivity contribution in [2.75, 3.05) is 0 Å². The van der Waals surface area contributed by atoms with Gasteiger partial charge in [-0.2, -0.15) is 0 Å². The Hall–Kier alpha value is -3.40. The molecule has 0 bridgehead atoms. The molecule has 4 nitrogen and oxygen atoms in total. The first-order chi connectivity index (χ1) is 11.6. The lowest BCUT2D eigenvalue weighted by atomic mass is 9.93. The van der Waals surface area contributed by atoms with E-state index in [1.165, 1.54) is 12.1 Å². The van der Waals surface area contributed by atoms with Crippen LogP contribution in [0, 0.1) is 0 Å². The molecule has 4 N–H and O–H groups in total. The maximum atomic E-state index is 10.7. The summed E-state index contributed by atoms with van der Waals surface area (Å²) in [5, 5.41) is 43.6. The van der Waals surface area contributed by atoms with E-state index in [4.69, 9.17) is 0 Å². The maximum Gasteiger partial charge on any atom is 0.131 e. The average molecular weight is 318 g/mol. The van der Waals surface area contributed by atoms with E-state index < -0.39 is 0 Å². The molecule has 0 aliphatic heterocycles. The quantitative estimate of drug-likeness (QED) is 0.390. The molecule has 4 aromatic carbocycles. The largest absolute Gasteiger partial charge is 0.507 e. The Labute approximate surface area is 137 Å². The van der Waals surface area contributed by atoms with Gasteiger partial charge in [-0.3, -0.25) is 0 Å². The van der Waals surface area contributed by atoms with E-state index in [0.717, 1.165) is 0 Å². The Kier molecular flexibility index (Phi) is 3.00. The van der Waals surface area contributed by atoms with Crippen LogP contribution in [-0.4, -0.2) is 20.4 Å². The van der Waals surface area contributed by atoms with Gasteiger partial charge in [-0.05, 0) is 29.7 Å². The molecular formula is C20H14O4. The summed E-state index contributed by atoms with van der Waals surface area (Å²) in [6, 6.07) is 16.4. The predicted molar refractivity (Wildman–Crippen MR) is 93.5 cm³/mol. The molecule has 4 heteroatoms. The minimum atomic E-state index is -0.0434. The number of phenols is 4. The Morgan fingerprint density at radius 3 is 1.96 bits per heavy atom. The van der Waals surface area contributed by atoms with Gasteiger partial charge in [-0.1, -0.05) is 36.4 Å². The first-order valence-corrected chi connectivity index (χ1v) is 7.45. The van der Waals surface area contributed by atoms with E-state index >= 15 is 0 Å². The minimum absolute atomic E-state index is 0.00922. The maximum absolute atomic E-state index is 10.7. The second kappa shape index (κ2) is 5.06. The molecule has 0 amide bonds. The van der Waals surface area contributed by atoms with E-state index in [-0.39, 0.29) is 23.0 Å². The summed E-state index contributed by atoms with van der Waals surface area (Å²) in [5.74, 6) is 0.0147. The Morgan fingerprint density at radius 1 is 0.500 bits per heavy atom. The van der Waals surface area contributed by atoms with E-state index in [9.17, 15) is 20.4 Å². The van der Waals surface area contributed by atoms with Gasteiger partial charge in [-0.15, -0.1) is 0 Å². The molecule has 0 fully saturated rings. The smallest absolute Gasteiger partial charge is 0.131 e. The highest BCUT2D eigenvalue weighted by atomic mass is 16.3. The molecule has 0 aromatic heterocycles. The average Bonchev–Trinajstić information content (AvgIpc) is 2.59. The number of benzene rings is 4. The van der Waals surface area contributed by atoms with Crippen molar-refractivity contribution in [3.05, 3.63) is 60.7 Å². The number of fused-ring (bicyclic) bond motifs is 2. The molecule has 0 heterocycles. The third-order valence-corrected chi connectivity index (χ3v) is 4.28. The number of aromatic hydroxyl groups is 4. The van der Waals surface area contributed by atoms with E-state index in [0.29, 0.717) is 32.7 Å². The lowest BCUT2D eigenvalue weighted by Crippen LogP contribution is -1.86. The molecular weight excluding hydrogens is 304 g/mol. The topological polar surface area (TPSA) is 80.9 Å². The van der Waals surface area contributed by atoms with Crippen LogP contribution in [0.1, 0.15) is 0 Å². The normalized spacial score (nSPS) is 11.2. The summed E-state index contributed by atoms with van der Waals surface area (Å²) < 4.78 is 0. The lowest BCUT2D eigenvalue weighted by molar-refractivity contribution is 0.467. The molecule has 0 spiro atoms. The van der Waals surface area contributed by atoms with E-state index in [2.05, 4.69) is 0 Å². The van der Waals surface area contributed by atoms with Crippen molar-refractivity contribution in [3.63, 3.8) is 0 Å². The number of rotatable bonds is 1. The lowest BCUT2D eigenvalue weighted by Gasteiger charge is -2.14. The summed E-state index contributed by atoms with van der Waals surface area (Å²) in [7, 11) is 0. The molecule has 24 heavy (non-hydrogen) atoms. The fourth-order valence-electron chi connectivity index (χ4n) is 3.14. The second-order valence-corrected chi connectivity index (χ2v) is 5.67. The summed E-state index contributed by atoms with van der Waals surface area (Å²) >= 11 is 0. The van der Waals surface area contributed by atoms with Crippen molar-refractivity contribution in [2.45, 2.75) is 0 Å². The fourth-order valence-corrected chi connectivity index (χ4v) is 3.14. The van der Waals surface area contributed by atoms with Gasteiger partial charge in [0.25, 0.3) is 0 Å². The SMILES string of the molecule is Oc1ccc2c(O)cccc2c1-c1cc(O)c2ccccc2c1O. The Balaban J connectivity index is 2.16. The second-order valence-electron chi connectivity index (χ2n) is 5.67. The molecule has 0 unspecified atom stereocenters. The van der Waals surface area contributed by atoms with Crippen molar-refractivity contribution >= 4 is 21.5 Å². The summed E-state index contributed by atoms with van der Waals surface area (Å²) in [5.41, 5.74) is 0.668. The third kappa shape index (κ3) is 1.93. The highest BCUT2D eigenvalue weighted by Gasteiger charge is 2.18. The zero-order valence-electron chi connectivity index (χ0n) is 12.6. The van der Waals surface area contributed by atoms with Crippen molar-refractivity contribution in [2.24, 2.45) is 0 Å². The van der Waals surface area contributed by atoms with Gasteiger partial charge in [0.1, 0.15) is 23.0 Å². The Morgan fingerprint density at radius 2 is 1.17 bits per heavy atom. The molecule has 0 radical (unpaired) electrons. The zero-order chi connectivity index (χ0) is 16.8. The number of hydrogen-bond acceptors (Lipinski definition) is 4. The van der Waals surface area contributed by atoms with Gasteiger partial charge >= 0.3 is 0 Å². The highest BCUT2D eigenvalue weighted by molar-refractivity contribution is 6.07. The molecule has 0 aliphatic carbocycles. The van der Waals surface area contributed by atoms with Crippen LogP contribution in [0.3, 0.4) is 0 Å². The van der Waals surface area contributed by atoms with Crippen molar-refractivity contribution in [3.8, 4) is 34.1 Å². The zero-order valence-corrected chi connectivity index (χ0v) is 12.6. The van der Waals surface area contributed by atoms with E-state index in [1.54, 1.807) is 48.5 Å². The third-order valence-electron chi connectivity index (χ3n) is 4.28. The first-order valence-electron chi connectivity index (χ1n) is 7.45. The fraction of sp³-hybridized carbons (Fsp3) is 0. The van der Waals surface area contributed by atoms with Crippen LogP contribution >= 0.6 is 0 Å². The standard InChI is InChI=1S/C20H14O4/c21-16-7-3-6-13-12(16)8-9-17(22)19(13)15-10-18(23)11-4-1-2-5-14(11)20(15)24/h1-10,21-24H. The van der Waals surface area contributed by atoms with Gasteiger partial charge in [0.2, 0.25) is 0 Å². The predicted octanol–water partition coefficient (Wildman–Crippen LogP) is 4.48. The summed E-state index contributed by atoms with van der Waals surface area (Å²) in [6.45, 7) is 0. The van der Waals surface area contributed by atoms with Crippen LogP contribution in [0.25, 0.3) is 32.7 Å². The van der Waals surface area contributed by atoms with Crippen LogP contribution < -0.4 is 0 Å². The van der Waals surface area contributed by atoms with Gasteiger partial charge in [-0.25, -0.2) is 0 Å². The van der Waals surface area contributed by atoms with Gasteiger partial charge in [0.15, 0.2) is 0 Å². The van der Waals surface area contributed by atoms with Crippen LogP contribution in [0.2, 0.25) is 0 Å². The van der Waals surface area contributed by atoms with Crippen LogP contribution in [0.5, 0.6) is 23.0 Å². The molecule has 0 saturated heterocycles. The van der Waals surface area contributed by atoms with Crippen LogP contribution in [0.4, 0.5) is 0 Å². The number of hydrogen-bond donors (Lipinski definition) is 4. The van der Waals surface area contributed by atoms with Crippen LogP contribution in [0.15, 0.2) is 60.7 Å². The van der Waals surface area contributed by atoms with E-state index in [1.807, 2.05) is 0 Å². The van der Waals surface area contributed by atoms with Gasteiger partial charge in [0.05, 0.1) is 0 Å². The number of phenolic OH excluding ortho intramolecular Hbond substituents is 4. The molecule has 0 atom stereocenters. The molecule has 4 rings (SSSR count). The minimum Gasteiger partial charge on any atom is -0.507 e.